The minimum Gasteiger partial charge on any atom is -0.462 e. The Morgan fingerprint density at radius 2 is 0.479 bits per heavy atom. The van der Waals surface area contributed by atoms with Gasteiger partial charge >= 0.3 is 39.5 Å². The van der Waals surface area contributed by atoms with Gasteiger partial charge in [-0.3, -0.25) is 37.3 Å². The fraction of sp³-hybridized carbons (Fsp3) is 0.948. The zero-order valence-corrected chi connectivity index (χ0v) is 64.5. The predicted octanol–water partition coefficient (Wildman–Crippen LogP) is 22.7. The first-order chi connectivity index (χ1) is 46.4. The molecule has 96 heavy (non-hydrogen) atoms. The SMILES string of the molecule is CCCCCCCCCCCCCCCCCCC(=O)OC[C@H](COP(=O)(O)OC[C@@H](O)COP(=O)(O)OC[C@@H](COC(=O)CCCCCCCCCCC(C)C)OC(=O)CCCCCCCCCCCCCC)OC(=O)CCCCCCCCCCCCCCCCC(C)C. The van der Waals surface area contributed by atoms with E-state index in [-0.39, 0.29) is 25.7 Å². The second-order valence-corrected chi connectivity index (χ2v) is 31.6. The van der Waals surface area contributed by atoms with Crippen molar-refractivity contribution in [2.24, 2.45) is 11.8 Å². The first-order valence-electron chi connectivity index (χ1n) is 40.0. The molecule has 0 bridgehead atoms. The Hall–Kier alpha value is -1.94. The van der Waals surface area contributed by atoms with Gasteiger partial charge in [-0.15, -0.1) is 0 Å². The van der Waals surface area contributed by atoms with Gasteiger partial charge in [0.25, 0.3) is 0 Å². The average Bonchev–Trinajstić information content (AvgIpc) is 1.17. The van der Waals surface area contributed by atoms with E-state index in [1.165, 1.54) is 218 Å². The summed E-state index contributed by atoms with van der Waals surface area (Å²) in [5.74, 6) is -0.591. The second-order valence-electron chi connectivity index (χ2n) is 28.7. The summed E-state index contributed by atoms with van der Waals surface area (Å²) < 4.78 is 68.6. The zero-order chi connectivity index (χ0) is 70.7. The minimum atomic E-state index is -4.96. The molecule has 0 saturated carbocycles. The molecule has 0 radical (unpaired) electrons. The monoisotopic (exact) mass is 1410 g/mol. The maximum absolute atomic E-state index is 13.1. The molecule has 0 aromatic carbocycles. The van der Waals surface area contributed by atoms with Crippen LogP contribution in [0.5, 0.6) is 0 Å². The number of hydrogen-bond donors (Lipinski definition) is 3. The van der Waals surface area contributed by atoms with Crippen LogP contribution < -0.4 is 0 Å². The standard InChI is InChI=1S/C77H150O17P2/c1-7-9-11-13-15-17-19-21-22-23-27-31-34-41-47-53-59-74(79)87-65-72(93-77(82)62-56-50-44-36-32-28-25-24-26-29-33-39-45-51-57-69(3)4)67-91-95(83,84)89-63-71(78)64-90-96(85,86)92-68-73(66-88-75(80)60-54-48-42-38-37-40-46-52-58-70(5)6)94-76(81)61-55-49-43-35-30-20-18-16-14-12-10-8-2/h69-73,78H,7-68H2,1-6H3,(H,83,84)(H,85,86)/t71-,72-,73-/m1/s1. The Balaban J connectivity index is 5.25. The van der Waals surface area contributed by atoms with Gasteiger partial charge in [0.15, 0.2) is 12.2 Å². The van der Waals surface area contributed by atoms with Crippen LogP contribution in [-0.2, 0) is 65.4 Å². The summed E-state index contributed by atoms with van der Waals surface area (Å²) in [7, 11) is -9.91. The van der Waals surface area contributed by atoms with E-state index in [1.54, 1.807) is 0 Å². The Morgan fingerprint density at radius 3 is 0.708 bits per heavy atom. The number of carbonyl (C=O) groups is 4. The molecule has 0 aliphatic carbocycles. The predicted molar refractivity (Wildman–Crippen MR) is 391 cm³/mol. The molecule has 0 aliphatic heterocycles. The van der Waals surface area contributed by atoms with E-state index < -0.39 is 97.5 Å². The Bertz CT molecular complexity index is 1860. The molecule has 0 spiro atoms. The Kier molecular flexibility index (Phi) is 67.4. The van der Waals surface area contributed by atoms with Gasteiger partial charge in [0.05, 0.1) is 26.4 Å². The molecule has 570 valence electrons. The van der Waals surface area contributed by atoms with Crippen LogP contribution >= 0.6 is 15.6 Å². The smallest absolute Gasteiger partial charge is 0.462 e. The lowest BCUT2D eigenvalue weighted by molar-refractivity contribution is -0.161. The molecule has 0 aromatic heterocycles. The van der Waals surface area contributed by atoms with Gasteiger partial charge in [-0.1, -0.05) is 350 Å². The van der Waals surface area contributed by atoms with E-state index in [9.17, 15) is 43.2 Å². The number of aliphatic hydroxyl groups excluding tert-OH is 1. The van der Waals surface area contributed by atoms with E-state index in [2.05, 4.69) is 41.5 Å². The van der Waals surface area contributed by atoms with Crippen LogP contribution in [0.25, 0.3) is 0 Å². The van der Waals surface area contributed by atoms with E-state index in [0.29, 0.717) is 25.7 Å². The van der Waals surface area contributed by atoms with Gasteiger partial charge in [0, 0.05) is 25.7 Å². The molecule has 0 saturated heterocycles. The Morgan fingerprint density at radius 1 is 0.281 bits per heavy atom. The first kappa shape index (κ1) is 94.1. The van der Waals surface area contributed by atoms with Crippen LogP contribution in [0, 0.1) is 11.8 Å². The lowest BCUT2D eigenvalue weighted by Crippen LogP contribution is -2.30. The lowest BCUT2D eigenvalue weighted by atomic mass is 10.0. The van der Waals surface area contributed by atoms with Crippen LogP contribution in [0.3, 0.4) is 0 Å². The van der Waals surface area contributed by atoms with Gasteiger partial charge in [0.1, 0.15) is 19.3 Å². The summed E-state index contributed by atoms with van der Waals surface area (Å²) in [5.41, 5.74) is 0. The van der Waals surface area contributed by atoms with Gasteiger partial charge in [-0.25, -0.2) is 9.13 Å². The van der Waals surface area contributed by atoms with Crippen molar-refractivity contribution in [3.8, 4) is 0 Å². The van der Waals surface area contributed by atoms with Gasteiger partial charge in [-0.2, -0.15) is 0 Å². The van der Waals surface area contributed by atoms with Crippen molar-refractivity contribution in [2.45, 2.75) is 419 Å². The van der Waals surface area contributed by atoms with Crippen LogP contribution in [0.4, 0.5) is 0 Å². The molecular formula is C77H150O17P2. The molecule has 5 atom stereocenters. The number of carbonyl (C=O) groups excluding carboxylic acids is 4. The summed E-state index contributed by atoms with van der Waals surface area (Å²) in [6.07, 6.45) is 56.8. The highest BCUT2D eigenvalue weighted by Gasteiger charge is 2.30. The second kappa shape index (κ2) is 68.8. The molecule has 2 unspecified atom stereocenters. The largest absolute Gasteiger partial charge is 0.472 e. The van der Waals surface area contributed by atoms with Crippen molar-refractivity contribution >= 4 is 39.5 Å². The quantitative estimate of drug-likeness (QED) is 0.0222. The van der Waals surface area contributed by atoms with Crippen LogP contribution in [0.1, 0.15) is 401 Å². The highest BCUT2D eigenvalue weighted by atomic mass is 31.2. The fourth-order valence-corrected chi connectivity index (χ4v) is 13.4. The molecule has 0 amide bonds. The van der Waals surface area contributed by atoms with E-state index in [1.807, 2.05) is 0 Å². The van der Waals surface area contributed by atoms with Crippen LogP contribution in [-0.4, -0.2) is 96.7 Å². The third-order valence-corrected chi connectivity index (χ3v) is 19.9. The normalized spacial score (nSPS) is 14.0. The van der Waals surface area contributed by atoms with E-state index in [0.717, 1.165) is 102 Å². The number of aliphatic hydroxyl groups is 1. The average molecular weight is 1410 g/mol. The number of phosphoric acid groups is 2. The third-order valence-electron chi connectivity index (χ3n) is 18.0. The van der Waals surface area contributed by atoms with Gasteiger partial charge in [-0.05, 0) is 37.5 Å². The number of esters is 4. The highest BCUT2D eigenvalue weighted by molar-refractivity contribution is 7.47. The van der Waals surface area contributed by atoms with Gasteiger partial charge < -0.3 is 33.8 Å². The van der Waals surface area contributed by atoms with Crippen molar-refractivity contribution in [1.82, 2.24) is 0 Å². The number of hydrogen-bond acceptors (Lipinski definition) is 15. The van der Waals surface area contributed by atoms with Gasteiger partial charge in [0.2, 0.25) is 0 Å². The number of phosphoric ester groups is 2. The van der Waals surface area contributed by atoms with Crippen LogP contribution in [0.2, 0.25) is 0 Å². The molecule has 0 heterocycles. The van der Waals surface area contributed by atoms with Crippen molar-refractivity contribution in [1.29, 1.82) is 0 Å². The lowest BCUT2D eigenvalue weighted by Gasteiger charge is -2.21. The number of rotatable bonds is 76. The Labute approximate surface area is 588 Å². The highest BCUT2D eigenvalue weighted by Crippen LogP contribution is 2.45. The first-order valence-corrected chi connectivity index (χ1v) is 43.0. The molecule has 17 nitrogen and oxygen atoms in total. The number of ether oxygens (including phenoxy) is 4. The van der Waals surface area contributed by atoms with Crippen molar-refractivity contribution in [3.05, 3.63) is 0 Å². The van der Waals surface area contributed by atoms with Crippen LogP contribution in [0.15, 0.2) is 0 Å². The summed E-state index contributed by atoms with van der Waals surface area (Å²) in [5, 5.41) is 10.6. The molecular weight excluding hydrogens is 1260 g/mol. The molecule has 0 aromatic rings. The van der Waals surface area contributed by atoms with E-state index >= 15 is 0 Å². The molecule has 0 rings (SSSR count). The maximum atomic E-state index is 13.1. The topological polar surface area (TPSA) is 237 Å². The maximum Gasteiger partial charge on any atom is 0.472 e. The minimum absolute atomic E-state index is 0.107. The van der Waals surface area contributed by atoms with E-state index in [4.69, 9.17) is 37.0 Å². The third kappa shape index (κ3) is 70.5. The molecule has 19 heteroatoms. The summed E-state index contributed by atoms with van der Waals surface area (Å²) in [4.78, 5) is 72.9. The number of unbranched alkanes of at least 4 members (excludes halogenated alkanes) is 46. The molecule has 3 N–H and O–H groups in total. The molecule has 0 aliphatic rings. The summed E-state index contributed by atoms with van der Waals surface area (Å²) >= 11 is 0. The van der Waals surface area contributed by atoms with Crippen molar-refractivity contribution < 1.29 is 80.2 Å². The summed E-state index contributed by atoms with van der Waals surface area (Å²) in [6.45, 7) is 9.60. The molecule has 0 fully saturated rings. The van der Waals surface area contributed by atoms with Crippen molar-refractivity contribution in [3.63, 3.8) is 0 Å². The summed E-state index contributed by atoms with van der Waals surface area (Å²) in [6, 6.07) is 0. The zero-order valence-electron chi connectivity index (χ0n) is 62.7. The van der Waals surface area contributed by atoms with Crippen molar-refractivity contribution in [2.75, 3.05) is 39.6 Å². The fourth-order valence-electron chi connectivity index (χ4n) is 11.8.